The highest BCUT2D eigenvalue weighted by molar-refractivity contribution is 7.18. The van der Waals surface area contributed by atoms with E-state index in [1.807, 2.05) is 24.3 Å². The number of thiazole rings is 1. The first kappa shape index (κ1) is 9.49. The van der Waals surface area contributed by atoms with E-state index in [9.17, 15) is 0 Å². The molecule has 0 amide bonds. The van der Waals surface area contributed by atoms with Crippen molar-refractivity contribution in [2.24, 2.45) is 0 Å². The molecule has 0 fully saturated rings. The standard InChI is InChI=1S/C10H8ClNOS/c1-13-8-5-3-2-4-7(8)9-6-12-10(11)14-9/h2-6H,1H3. The van der Waals surface area contributed by atoms with Crippen LogP contribution in [0.4, 0.5) is 0 Å². The van der Waals surface area contributed by atoms with Gasteiger partial charge in [-0.05, 0) is 12.1 Å². The van der Waals surface area contributed by atoms with Crippen LogP contribution in [0.5, 0.6) is 5.75 Å². The Labute approximate surface area is 91.1 Å². The topological polar surface area (TPSA) is 22.1 Å². The molecular weight excluding hydrogens is 218 g/mol. The molecule has 2 rings (SSSR count). The summed E-state index contributed by atoms with van der Waals surface area (Å²) >= 11 is 7.22. The second-order valence-electron chi connectivity index (χ2n) is 2.68. The van der Waals surface area contributed by atoms with Crippen molar-refractivity contribution in [1.29, 1.82) is 0 Å². The Balaban J connectivity index is 2.50. The summed E-state index contributed by atoms with van der Waals surface area (Å²) in [6.07, 6.45) is 1.75. The van der Waals surface area contributed by atoms with Crippen LogP contribution in [0.2, 0.25) is 4.47 Å². The fraction of sp³-hybridized carbons (Fsp3) is 0.100. The van der Waals surface area contributed by atoms with Gasteiger partial charge in [-0.3, -0.25) is 0 Å². The van der Waals surface area contributed by atoms with Crippen LogP contribution in [0, 0.1) is 0 Å². The van der Waals surface area contributed by atoms with Crippen LogP contribution in [-0.4, -0.2) is 12.1 Å². The zero-order valence-electron chi connectivity index (χ0n) is 7.53. The van der Waals surface area contributed by atoms with Gasteiger partial charge in [-0.15, -0.1) is 11.3 Å². The zero-order chi connectivity index (χ0) is 9.97. The molecule has 0 aliphatic heterocycles. The van der Waals surface area contributed by atoms with Gasteiger partial charge in [0.25, 0.3) is 0 Å². The second kappa shape index (κ2) is 3.98. The Morgan fingerprint density at radius 1 is 1.36 bits per heavy atom. The first-order valence-electron chi connectivity index (χ1n) is 4.06. The van der Waals surface area contributed by atoms with Gasteiger partial charge in [-0.25, -0.2) is 4.98 Å². The Morgan fingerprint density at radius 3 is 2.79 bits per heavy atom. The molecule has 0 saturated heterocycles. The highest BCUT2D eigenvalue weighted by atomic mass is 35.5. The highest BCUT2D eigenvalue weighted by Gasteiger charge is 2.07. The number of benzene rings is 1. The molecule has 0 bridgehead atoms. The van der Waals surface area contributed by atoms with Gasteiger partial charge in [0.05, 0.1) is 12.0 Å². The fourth-order valence-corrected chi connectivity index (χ4v) is 2.19. The average molecular weight is 226 g/mol. The average Bonchev–Trinajstić information content (AvgIpc) is 2.65. The van der Waals surface area contributed by atoms with Crippen molar-refractivity contribution in [2.75, 3.05) is 7.11 Å². The number of nitrogens with zero attached hydrogens (tertiary/aromatic N) is 1. The summed E-state index contributed by atoms with van der Waals surface area (Å²) in [5.41, 5.74) is 1.03. The molecular formula is C10H8ClNOS. The summed E-state index contributed by atoms with van der Waals surface area (Å²) in [6.45, 7) is 0. The lowest BCUT2D eigenvalue weighted by Crippen LogP contribution is -1.84. The number of para-hydroxylation sites is 1. The summed E-state index contributed by atoms with van der Waals surface area (Å²) in [5, 5.41) is 0. The molecule has 0 radical (unpaired) electrons. The molecule has 72 valence electrons. The second-order valence-corrected chi connectivity index (χ2v) is 4.29. The Bertz CT molecular complexity index is 441. The molecule has 2 nitrogen and oxygen atoms in total. The third-order valence-corrected chi connectivity index (χ3v) is 3.00. The maximum Gasteiger partial charge on any atom is 0.184 e. The normalized spacial score (nSPS) is 10.1. The van der Waals surface area contributed by atoms with Crippen molar-refractivity contribution in [2.45, 2.75) is 0 Å². The van der Waals surface area contributed by atoms with E-state index in [0.717, 1.165) is 16.2 Å². The fourth-order valence-electron chi connectivity index (χ4n) is 1.23. The number of methoxy groups -OCH3 is 1. The zero-order valence-corrected chi connectivity index (χ0v) is 9.10. The van der Waals surface area contributed by atoms with Crippen LogP contribution in [0.3, 0.4) is 0 Å². The summed E-state index contributed by atoms with van der Waals surface area (Å²) in [5.74, 6) is 0.841. The van der Waals surface area contributed by atoms with Gasteiger partial charge < -0.3 is 4.74 Å². The molecule has 0 aliphatic rings. The molecule has 2 aromatic rings. The molecule has 14 heavy (non-hydrogen) atoms. The minimum absolute atomic E-state index is 0.547. The van der Waals surface area contributed by atoms with E-state index in [2.05, 4.69) is 4.98 Å². The molecule has 0 saturated carbocycles. The molecule has 0 N–H and O–H groups in total. The number of hydrogen-bond acceptors (Lipinski definition) is 3. The van der Waals surface area contributed by atoms with Gasteiger partial charge in [0.1, 0.15) is 5.75 Å². The van der Waals surface area contributed by atoms with Gasteiger partial charge in [0, 0.05) is 11.8 Å². The Hall–Kier alpha value is -1.06. The number of rotatable bonds is 2. The first-order chi connectivity index (χ1) is 6.81. The third kappa shape index (κ3) is 1.74. The van der Waals surface area contributed by atoms with E-state index >= 15 is 0 Å². The number of ether oxygens (including phenoxy) is 1. The first-order valence-corrected chi connectivity index (χ1v) is 5.25. The SMILES string of the molecule is COc1ccccc1-c1cnc(Cl)s1. The highest BCUT2D eigenvalue weighted by Crippen LogP contribution is 2.34. The molecule has 0 atom stereocenters. The van der Waals surface area contributed by atoms with Gasteiger partial charge >= 0.3 is 0 Å². The van der Waals surface area contributed by atoms with Gasteiger partial charge in [0.15, 0.2) is 4.47 Å². The Kier molecular flexibility index (Phi) is 2.70. The van der Waals surface area contributed by atoms with Crippen LogP contribution in [0.25, 0.3) is 10.4 Å². The molecule has 4 heteroatoms. The molecule has 0 aliphatic carbocycles. The molecule has 1 aromatic carbocycles. The predicted molar refractivity (Wildman–Crippen MR) is 59.1 cm³/mol. The molecule has 1 heterocycles. The van der Waals surface area contributed by atoms with E-state index in [0.29, 0.717) is 4.47 Å². The van der Waals surface area contributed by atoms with Crippen molar-refractivity contribution in [3.05, 3.63) is 34.9 Å². The van der Waals surface area contributed by atoms with E-state index in [-0.39, 0.29) is 0 Å². The predicted octanol–water partition coefficient (Wildman–Crippen LogP) is 3.47. The van der Waals surface area contributed by atoms with Crippen LogP contribution in [-0.2, 0) is 0 Å². The van der Waals surface area contributed by atoms with Crippen molar-refractivity contribution >= 4 is 22.9 Å². The third-order valence-electron chi connectivity index (χ3n) is 1.85. The summed E-state index contributed by atoms with van der Waals surface area (Å²) in [4.78, 5) is 5.02. The summed E-state index contributed by atoms with van der Waals surface area (Å²) < 4.78 is 5.79. The number of halogens is 1. The van der Waals surface area contributed by atoms with E-state index in [4.69, 9.17) is 16.3 Å². The van der Waals surface area contributed by atoms with Crippen molar-refractivity contribution < 1.29 is 4.74 Å². The van der Waals surface area contributed by atoms with E-state index in [1.54, 1.807) is 13.3 Å². The lowest BCUT2D eigenvalue weighted by molar-refractivity contribution is 0.416. The molecule has 0 spiro atoms. The van der Waals surface area contributed by atoms with Gasteiger partial charge in [0.2, 0.25) is 0 Å². The quantitative estimate of drug-likeness (QED) is 0.781. The monoisotopic (exact) mass is 225 g/mol. The van der Waals surface area contributed by atoms with E-state index < -0.39 is 0 Å². The number of hydrogen-bond donors (Lipinski definition) is 0. The van der Waals surface area contributed by atoms with Crippen molar-refractivity contribution in [3.63, 3.8) is 0 Å². The maximum absolute atomic E-state index is 5.77. The smallest absolute Gasteiger partial charge is 0.184 e. The largest absolute Gasteiger partial charge is 0.496 e. The number of aromatic nitrogens is 1. The minimum Gasteiger partial charge on any atom is -0.496 e. The van der Waals surface area contributed by atoms with Crippen LogP contribution < -0.4 is 4.74 Å². The van der Waals surface area contributed by atoms with Crippen molar-refractivity contribution in [1.82, 2.24) is 4.98 Å². The lowest BCUT2D eigenvalue weighted by atomic mass is 10.2. The van der Waals surface area contributed by atoms with Gasteiger partial charge in [-0.1, -0.05) is 23.7 Å². The van der Waals surface area contributed by atoms with Gasteiger partial charge in [-0.2, -0.15) is 0 Å². The minimum atomic E-state index is 0.547. The summed E-state index contributed by atoms with van der Waals surface area (Å²) in [7, 11) is 1.65. The lowest BCUT2D eigenvalue weighted by Gasteiger charge is -2.04. The van der Waals surface area contributed by atoms with Crippen LogP contribution >= 0.6 is 22.9 Å². The van der Waals surface area contributed by atoms with Crippen molar-refractivity contribution in [3.8, 4) is 16.2 Å². The Morgan fingerprint density at radius 2 is 2.14 bits per heavy atom. The maximum atomic E-state index is 5.77. The van der Waals surface area contributed by atoms with Crippen LogP contribution in [0.1, 0.15) is 0 Å². The van der Waals surface area contributed by atoms with E-state index in [1.165, 1.54) is 11.3 Å². The van der Waals surface area contributed by atoms with Crippen LogP contribution in [0.15, 0.2) is 30.5 Å². The molecule has 0 unspecified atom stereocenters. The summed E-state index contributed by atoms with van der Waals surface area (Å²) in [6, 6.07) is 7.81. The molecule has 1 aromatic heterocycles.